The Labute approximate surface area is 71.0 Å². The van der Waals surface area contributed by atoms with E-state index in [1.165, 1.54) is 18.4 Å². The summed E-state index contributed by atoms with van der Waals surface area (Å²) in [5, 5.41) is 0. The molecule has 0 fully saturated rings. The SMILES string of the molecule is CCCCOc1cc(=O)cco1. The molecule has 3 heteroatoms. The highest BCUT2D eigenvalue weighted by atomic mass is 16.6. The van der Waals surface area contributed by atoms with Crippen LogP contribution in [-0.4, -0.2) is 6.61 Å². The van der Waals surface area contributed by atoms with Gasteiger partial charge in [0.25, 0.3) is 5.95 Å². The zero-order chi connectivity index (χ0) is 8.81. The molecule has 0 aliphatic rings. The van der Waals surface area contributed by atoms with Crippen LogP contribution in [0.25, 0.3) is 0 Å². The van der Waals surface area contributed by atoms with Crippen molar-refractivity contribution in [3.05, 3.63) is 28.6 Å². The van der Waals surface area contributed by atoms with Gasteiger partial charge in [0, 0.05) is 6.07 Å². The van der Waals surface area contributed by atoms with E-state index < -0.39 is 0 Å². The minimum atomic E-state index is -0.0900. The summed E-state index contributed by atoms with van der Waals surface area (Å²) < 4.78 is 10.1. The van der Waals surface area contributed by atoms with Gasteiger partial charge in [-0.1, -0.05) is 13.3 Å². The van der Waals surface area contributed by atoms with Gasteiger partial charge in [-0.15, -0.1) is 0 Å². The Kier molecular flexibility index (Phi) is 3.38. The maximum Gasteiger partial charge on any atom is 0.288 e. The second-order valence-corrected chi connectivity index (χ2v) is 2.49. The van der Waals surface area contributed by atoms with E-state index in [1.807, 2.05) is 0 Å². The van der Waals surface area contributed by atoms with Gasteiger partial charge in [-0.3, -0.25) is 4.79 Å². The first-order chi connectivity index (χ1) is 5.83. The molecule has 0 N–H and O–H groups in total. The van der Waals surface area contributed by atoms with Crippen LogP contribution in [0.5, 0.6) is 5.95 Å². The number of hydrogen-bond donors (Lipinski definition) is 0. The molecular weight excluding hydrogens is 156 g/mol. The standard InChI is InChI=1S/C9H12O3/c1-2-3-5-11-9-7-8(10)4-6-12-9/h4,6-7H,2-3,5H2,1H3. The van der Waals surface area contributed by atoms with Gasteiger partial charge >= 0.3 is 0 Å². The smallest absolute Gasteiger partial charge is 0.288 e. The lowest BCUT2D eigenvalue weighted by Gasteiger charge is -2.01. The molecule has 0 radical (unpaired) electrons. The summed E-state index contributed by atoms with van der Waals surface area (Å²) in [6.45, 7) is 2.67. The van der Waals surface area contributed by atoms with E-state index in [0.29, 0.717) is 12.6 Å². The number of hydrogen-bond acceptors (Lipinski definition) is 3. The first-order valence-corrected chi connectivity index (χ1v) is 4.04. The third kappa shape index (κ3) is 2.78. The van der Waals surface area contributed by atoms with Crippen molar-refractivity contribution in [3.63, 3.8) is 0 Å². The van der Waals surface area contributed by atoms with Crippen LogP contribution in [0.1, 0.15) is 19.8 Å². The minimum Gasteiger partial charge on any atom is -0.465 e. The zero-order valence-corrected chi connectivity index (χ0v) is 7.08. The summed E-state index contributed by atoms with van der Waals surface area (Å²) in [6, 6.07) is 2.70. The molecule has 0 unspecified atom stereocenters. The lowest BCUT2D eigenvalue weighted by Crippen LogP contribution is -2.00. The Morgan fingerprint density at radius 1 is 1.58 bits per heavy atom. The van der Waals surface area contributed by atoms with Gasteiger partial charge in [0.1, 0.15) is 0 Å². The Bertz CT molecular complexity index is 277. The van der Waals surface area contributed by atoms with E-state index in [1.54, 1.807) is 0 Å². The van der Waals surface area contributed by atoms with E-state index in [2.05, 4.69) is 6.92 Å². The van der Waals surface area contributed by atoms with Crippen molar-refractivity contribution < 1.29 is 9.15 Å². The maximum absolute atomic E-state index is 10.8. The second kappa shape index (κ2) is 4.59. The van der Waals surface area contributed by atoms with Crippen molar-refractivity contribution in [2.45, 2.75) is 19.8 Å². The molecule has 1 aromatic rings. The van der Waals surface area contributed by atoms with Crippen LogP contribution in [0.4, 0.5) is 0 Å². The fourth-order valence-electron chi connectivity index (χ4n) is 0.759. The van der Waals surface area contributed by atoms with Crippen LogP contribution in [-0.2, 0) is 0 Å². The molecule has 0 atom stereocenters. The van der Waals surface area contributed by atoms with E-state index >= 15 is 0 Å². The molecule has 3 nitrogen and oxygen atoms in total. The summed E-state index contributed by atoms with van der Waals surface area (Å²) in [5.74, 6) is 0.302. The molecule has 0 saturated carbocycles. The van der Waals surface area contributed by atoms with Crippen LogP contribution in [0.3, 0.4) is 0 Å². The first-order valence-electron chi connectivity index (χ1n) is 4.04. The van der Waals surface area contributed by atoms with Crippen molar-refractivity contribution in [1.29, 1.82) is 0 Å². The van der Waals surface area contributed by atoms with Crippen molar-refractivity contribution >= 4 is 0 Å². The lowest BCUT2D eigenvalue weighted by atomic mass is 10.4. The van der Waals surface area contributed by atoms with E-state index in [0.717, 1.165) is 12.8 Å². The highest BCUT2D eigenvalue weighted by molar-refractivity contribution is 5.04. The summed E-state index contributed by atoms with van der Waals surface area (Å²) >= 11 is 0. The van der Waals surface area contributed by atoms with Crippen LogP contribution < -0.4 is 10.2 Å². The Morgan fingerprint density at radius 2 is 2.42 bits per heavy atom. The normalized spacial score (nSPS) is 9.75. The molecule has 0 aliphatic carbocycles. The van der Waals surface area contributed by atoms with Gasteiger partial charge in [0.2, 0.25) is 0 Å². The van der Waals surface area contributed by atoms with E-state index in [4.69, 9.17) is 9.15 Å². The Morgan fingerprint density at radius 3 is 3.08 bits per heavy atom. The molecule has 1 heterocycles. The summed E-state index contributed by atoms with van der Waals surface area (Å²) in [6.07, 6.45) is 3.37. The maximum atomic E-state index is 10.8. The monoisotopic (exact) mass is 168 g/mol. The molecule has 1 aromatic heterocycles. The van der Waals surface area contributed by atoms with Crippen molar-refractivity contribution in [3.8, 4) is 5.95 Å². The van der Waals surface area contributed by atoms with Gasteiger partial charge in [-0.05, 0) is 6.42 Å². The summed E-state index contributed by atoms with van der Waals surface area (Å²) in [4.78, 5) is 10.8. The number of rotatable bonds is 4. The van der Waals surface area contributed by atoms with Crippen LogP contribution in [0, 0.1) is 0 Å². The molecule has 66 valence electrons. The van der Waals surface area contributed by atoms with Crippen LogP contribution in [0.15, 0.2) is 27.6 Å². The Hall–Kier alpha value is -1.25. The third-order valence-corrected chi connectivity index (χ3v) is 1.42. The second-order valence-electron chi connectivity index (χ2n) is 2.49. The topological polar surface area (TPSA) is 39.4 Å². The summed E-state index contributed by atoms with van der Waals surface area (Å²) in [5.41, 5.74) is -0.0900. The molecule has 0 spiro atoms. The van der Waals surface area contributed by atoms with Gasteiger partial charge < -0.3 is 9.15 Å². The van der Waals surface area contributed by atoms with E-state index in [-0.39, 0.29) is 5.43 Å². The molecular formula is C9H12O3. The largest absolute Gasteiger partial charge is 0.465 e. The predicted octanol–water partition coefficient (Wildman–Crippen LogP) is 1.82. The average molecular weight is 168 g/mol. The fraction of sp³-hybridized carbons (Fsp3) is 0.444. The number of ether oxygens (including phenoxy) is 1. The quantitative estimate of drug-likeness (QED) is 0.644. The third-order valence-electron chi connectivity index (χ3n) is 1.42. The molecule has 0 aromatic carbocycles. The van der Waals surface area contributed by atoms with Gasteiger partial charge in [-0.2, -0.15) is 0 Å². The highest BCUT2D eigenvalue weighted by Gasteiger charge is 1.94. The summed E-state index contributed by atoms with van der Waals surface area (Å²) in [7, 11) is 0. The number of unbranched alkanes of at least 4 members (excludes halogenated alkanes) is 1. The van der Waals surface area contributed by atoms with Gasteiger partial charge in [0.15, 0.2) is 5.43 Å². The fourth-order valence-corrected chi connectivity index (χ4v) is 0.759. The average Bonchev–Trinajstić information content (AvgIpc) is 2.05. The molecule has 0 bridgehead atoms. The molecule has 0 saturated heterocycles. The van der Waals surface area contributed by atoms with Crippen molar-refractivity contribution in [2.24, 2.45) is 0 Å². The van der Waals surface area contributed by atoms with Crippen LogP contribution >= 0.6 is 0 Å². The molecule has 12 heavy (non-hydrogen) atoms. The van der Waals surface area contributed by atoms with Gasteiger partial charge in [-0.25, -0.2) is 0 Å². The first kappa shape index (κ1) is 8.84. The zero-order valence-electron chi connectivity index (χ0n) is 7.08. The molecule has 1 rings (SSSR count). The van der Waals surface area contributed by atoms with Crippen molar-refractivity contribution in [1.82, 2.24) is 0 Å². The highest BCUT2D eigenvalue weighted by Crippen LogP contribution is 2.05. The minimum absolute atomic E-state index is 0.0900. The Balaban J connectivity index is 2.47. The van der Waals surface area contributed by atoms with E-state index in [9.17, 15) is 4.79 Å². The predicted molar refractivity (Wildman–Crippen MR) is 45.4 cm³/mol. The lowest BCUT2D eigenvalue weighted by molar-refractivity contribution is 0.232. The van der Waals surface area contributed by atoms with Crippen LogP contribution in [0.2, 0.25) is 0 Å². The van der Waals surface area contributed by atoms with Gasteiger partial charge in [0.05, 0.1) is 18.9 Å². The molecule has 0 amide bonds. The van der Waals surface area contributed by atoms with Crippen molar-refractivity contribution in [2.75, 3.05) is 6.61 Å². The molecule has 0 aliphatic heterocycles.